The summed E-state index contributed by atoms with van der Waals surface area (Å²) in [6, 6.07) is 8.10. The zero-order valence-corrected chi connectivity index (χ0v) is 15.9. The Morgan fingerprint density at radius 2 is 1.96 bits per heavy atom. The molecule has 1 unspecified atom stereocenters. The van der Waals surface area contributed by atoms with Crippen LogP contribution in [0.5, 0.6) is 11.5 Å². The van der Waals surface area contributed by atoms with Gasteiger partial charge >= 0.3 is 0 Å². The number of hydrogen-bond acceptors (Lipinski definition) is 4. The zero-order chi connectivity index (χ0) is 18.7. The van der Waals surface area contributed by atoms with Crippen molar-refractivity contribution in [2.24, 2.45) is 0 Å². The van der Waals surface area contributed by atoms with Crippen molar-refractivity contribution in [3.8, 4) is 11.5 Å². The highest BCUT2D eigenvalue weighted by atomic mass is 35.5. The number of rotatable bonds is 5. The lowest BCUT2D eigenvalue weighted by Crippen LogP contribution is -2.16. The molecule has 0 radical (unpaired) electrons. The number of halogens is 3. The Kier molecular flexibility index (Phi) is 6.14. The monoisotopic (exact) mass is 415 g/mol. The van der Waals surface area contributed by atoms with Crippen LogP contribution in [0.15, 0.2) is 30.3 Å². The Morgan fingerprint density at radius 3 is 2.62 bits per heavy atom. The van der Waals surface area contributed by atoms with E-state index in [4.69, 9.17) is 44.3 Å². The number of ether oxygens (including phenoxy) is 2. The lowest BCUT2D eigenvalue weighted by molar-refractivity contribution is 0.0679. The van der Waals surface area contributed by atoms with E-state index in [-0.39, 0.29) is 26.7 Å². The molecule has 0 aliphatic carbocycles. The van der Waals surface area contributed by atoms with E-state index in [9.17, 15) is 9.90 Å². The standard InChI is InChI=1S/C18H16Cl3NO4/c19-13-8-14(20)17(23)15(16(13)21)18(24)22-10-3-5-11(6-4-10)26-9-12-2-1-7-25-12/h3-6,8,12,23H,1-2,7,9H2,(H,22,24). The van der Waals surface area contributed by atoms with E-state index in [2.05, 4.69) is 5.32 Å². The number of carbonyl (C=O) groups excluding carboxylic acids is 1. The van der Waals surface area contributed by atoms with Crippen LogP contribution in [-0.4, -0.2) is 30.3 Å². The highest BCUT2D eigenvalue weighted by Crippen LogP contribution is 2.38. The lowest BCUT2D eigenvalue weighted by atomic mass is 10.1. The van der Waals surface area contributed by atoms with Crippen molar-refractivity contribution >= 4 is 46.4 Å². The molecule has 138 valence electrons. The Hall–Kier alpha value is -1.66. The first-order valence-corrected chi connectivity index (χ1v) is 9.11. The Bertz CT molecular complexity index is 779. The number of carbonyl (C=O) groups is 1. The molecule has 8 heteroatoms. The van der Waals surface area contributed by atoms with Gasteiger partial charge in [-0.1, -0.05) is 34.8 Å². The lowest BCUT2D eigenvalue weighted by Gasteiger charge is -2.13. The zero-order valence-electron chi connectivity index (χ0n) is 13.6. The maximum Gasteiger partial charge on any atom is 0.261 e. The smallest absolute Gasteiger partial charge is 0.261 e. The molecule has 1 amide bonds. The molecule has 1 fully saturated rings. The van der Waals surface area contributed by atoms with Gasteiger partial charge in [0.1, 0.15) is 23.7 Å². The maximum absolute atomic E-state index is 12.4. The summed E-state index contributed by atoms with van der Waals surface area (Å²) in [7, 11) is 0. The van der Waals surface area contributed by atoms with Gasteiger partial charge in [0.2, 0.25) is 0 Å². The van der Waals surface area contributed by atoms with Gasteiger partial charge in [0.15, 0.2) is 0 Å². The van der Waals surface area contributed by atoms with Crippen LogP contribution in [0.2, 0.25) is 15.1 Å². The molecule has 5 nitrogen and oxygen atoms in total. The van der Waals surface area contributed by atoms with Crippen molar-refractivity contribution in [3.63, 3.8) is 0 Å². The predicted octanol–water partition coefficient (Wildman–Crippen LogP) is 5.16. The molecule has 2 aromatic rings. The largest absolute Gasteiger partial charge is 0.505 e. The molecular formula is C18H16Cl3NO4. The van der Waals surface area contributed by atoms with Gasteiger partial charge in [-0.2, -0.15) is 0 Å². The Balaban J connectivity index is 1.66. The van der Waals surface area contributed by atoms with Crippen molar-refractivity contribution in [2.45, 2.75) is 18.9 Å². The summed E-state index contributed by atoms with van der Waals surface area (Å²) in [5, 5.41) is 12.6. The van der Waals surface area contributed by atoms with Gasteiger partial charge in [0.05, 0.1) is 21.2 Å². The van der Waals surface area contributed by atoms with E-state index in [1.54, 1.807) is 24.3 Å². The summed E-state index contributed by atoms with van der Waals surface area (Å²) in [6.45, 7) is 1.28. The van der Waals surface area contributed by atoms with Gasteiger partial charge in [0, 0.05) is 12.3 Å². The Morgan fingerprint density at radius 1 is 1.23 bits per heavy atom. The number of nitrogens with one attached hydrogen (secondary N) is 1. The molecule has 0 saturated carbocycles. The third-order valence-corrected chi connectivity index (χ3v) is 5.02. The summed E-state index contributed by atoms with van der Waals surface area (Å²) >= 11 is 17.8. The van der Waals surface area contributed by atoms with Gasteiger partial charge in [-0.15, -0.1) is 0 Å². The third-order valence-electron chi connectivity index (χ3n) is 3.94. The summed E-state index contributed by atoms with van der Waals surface area (Å²) in [4.78, 5) is 12.4. The molecule has 1 atom stereocenters. The first-order chi connectivity index (χ1) is 12.5. The SMILES string of the molecule is O=C(Nc1ccc(OCC2CCCO2)cc1)c1c(O)c(Cl)cc(Cl)c1Cl. The summed E-state index contributed by atoms with van der Waals surface area (Å²) in [6.07, 6.45) is 2.19. The molecule has 0 bridgehead atoms. The normalized spacial score (nSPS) is 16.5. The van der Waals surface area contributed by atoms with Crippen LogP contribution in [0.3, 0.4) is 0 Å². The number of hydrogen-bond donors (Lipinski definition) is 2. The van der Waals surface area contributed by atoms with Crippen molar-refractivity contribution in [1.82, 2.24) is 0 Å². The van der Waals surface area contributed by atoms with Crippen LogP contribution in [0.4, 0.5) is 5.69 Å². The van der Waals surface area contributed by atoms with Crippen LogP contribution in [0.1, 0.15) is 23.2 Å². The number of benzene rings is 2. The van der Waals surface area contributed by atoms with E-state index in [1.165, 1.54) is 6.07 Å². The van der Waals surface area contributed by atoms with Crippen LogP contribution < -0.4 is 10.1 Å². The summed E-state index contributed by atoms with van der Waals surface area (Å²) < 4.78 is 11.2. The number of aromatic hydroxyl groups is 1. The van der Waals surface area contributed by atoms with E-state index >= 15 is 0 Å². The van der Waals surface area contributed by atoms with Crippen LogP contribution in [-0.2, 0) is 4.74 Å². The average molecular weight is 417 g/mol. The molecule has 3 rings (SSSR count). The van der Waals surface area contributed by atoms with Crippen LogP contribution >= 0.6 is 34.8 Å². The van der Waals surface area contributed by atoms with Crippen molar-refractivity contribution in [3.05, 3.63) is 51.0 Å². The first-order valence-electron chi connectivity index (χ1n) is 7.98. The number of amides is 1. The van der Waals surface area contributed by atoms with Gasteiger partial charge < -0.3 is 19.9 Å². The number of phenols is 1. The molecule has 2 N–H and O–H groups in total. The van der Waals surface area contributed by atoms with Crippen molar-refractivity contribution in [1.29, 1.82) is 0 Å². The third kappa shape index (κ3) is 4.35. The topological polar surface area (TPSA) is 67.8 Å². The van der Waals surface area contributed by atoms with E-state index < -0.39 is 11.7 Å². The maximum atomic E-state index is 12.4. The van der Waals surface area contributed by atoms with Crippen LogP contribution in [0.25, 0.3) is 0 Å². The predicted molar refractivity (Wildman–Crippen MR) is 102 cm³/mol. The highest BCUT2D eigenvalue weighted by molar-refractivity contribution is 6.46. The molecule has 0 aromatic heterocycles. The second kappa shape index (κ2) is 8.35. The van der Waals surface area contributed by atoms with Crippen molar-refractivity contribution < 1.29 is 19.4 Å². The average Bonchev–Trinajstić information content (AvgIpc) is 3.13. The van der Waals surface area contributed by atoms with Gasteiger partial charge in [-0.05, 0) is 43.2 Å². The van der Waals surface area contributed by atoms with Gasteiger partial charge in [-0.25, -0.2) is 0 Å². The van der Waals surface area contributed by atoms with Crippen molar-refractivity contribution in [2.75, 3.05) is 18.5 Å². The molecule has 1 aliphatic rings. The summed E-state index contributed by atoms with van der Waals surface area (Å²) in [5.74, 6) is -0.370. The molecule has 1 aliphatic heterocycles. The minimum absolute atomic E-state index is 0.0533. The quantitative estimate of drug-likeness (QED) is 0.660. The fraction of sp³-hybridized carbons (Fsp3) is 0.278. The van der Waals surface area contributed by atoms with E-state index in [0.717, 1.165) is 19.4 Å². The molecule has 2 aromatic carbocycles. The minimum Gasteiger partial charge on any atom is -0.505 e. The molecular weight excluding hydrogens is 401 g/mol. The summed E-state index contributed by atoms with van der Waals surface area (Å²) in [5.41, 5.74) is 0.328. The number of phenolic OH excluding ortho intramolecular Hbond substituents is 1. The highest BCUT2D eigenvalue weighted by Gasteiger charge is 2.21. The molecule has 26 heavy (non-hydrogen) atoms. The fourth-order valence-electron chi connectivity index (χ4n) is 2.59. The fourth-order valence-corrected chi connectivity index (χ4v) is 3.28. The van der Waals surface area contributed by atoms with E-state index in [1.807, 2.05) is 0 Å². The van der Waals surface area contributed by atoms with Crippen LogP contribution in [0, 0.1) is 0 Å². The first kappa shape index (κ1) is 19.1. The minimum atomic E-state index is -0.620. The van der Waals surface area contributed by atoms with Gasteiger partial charge in [-0.3, -0.25) is 4.79 Å². The molecule has 1 heterocycles. The second-order valence-corrected chi connectivity index (χ2v) is 6.99. The Labute approximate surface area is 165 Å². The number of anilines is 1. The van der Waals surface area contributed by atoms with Gasteiger partial charge in [0.25, 0.3) is 5.91 Å². The molecule has 1 saturated heterocycles. The molecule has 0 spiro atoms. The van der Waals surface area contributed by atoms with E-state index in [0.29, 0.717) is 18.0 Å². The second-order valence-electron chi connectivity index (χ2n) is 5.80.